The third-order valence-corrected chi connectivity index (χ3v) is 5.61. The highest BCUT2D eigenvalue weighted by molar-refractivity contribution is 7.92. The van der Waals surface area contributed by atoms with E-state index < -0.39 is 27.8 Å². The van der Waals surface area contributed by atoms with E-state index in [2.05, 4.69) is 5.32 Å². The van der Waals surface area contributed by atoms with Gasteiger partial charge in [-0.2, -0.15) is 0 Å². The molecule has 27 heavy (non-hydrogen) atoms. The molecule has 5 nitrogen and oxygen atoms in total. The normalized spacial score (nSPS) is 13.7. The first-order valence-corrected chi connectivity index (χ1v) is 10.6. The van der Waals surface area contributed by atoms with Crippen molar-refractivity contribution in [1.29, 1.82) is 0 Å². The van der Waals surface area contributed by atoms with Gasteiger partial charge in [0.1, 0.15) is 11.9 Å². The fourth-order valence-corrected chi connectivity index (χ4v) is 4.10. The second kappa shape index (κ2) is 8.52. The molecule has 146 valence electrons. The minimum Gasteiger partial charge on any atom is -0.347 e. The zero-order valence-electron chi connectivity index (χ0n) is 15.9. The summed E-state index contributed by atoms with van der Waals surface area (Å²) >= 11 is 0. The first-order valence-electron chi connectivity index (χ1n) is 8.76. The van der Waals surface area contributed by atoms with Gasteiger partial charge in [-0.3, -0.25) is 9.10 Å². The molecule has 0 saturated carbocycles. The lowest BCUT2D eigenvalue weighted by Gasteiger charge is -2.30. The van der Waals surface area contributed by atoms with Gasteiger partial charge in [0, 0.05) is 0 Å². The summed E-state index contributed by atoms with van der Waals surface area (Å²) in [5.74, 6) is -1.19. The van der Waals surface area contributed by atoms with Crippen LogP contribution in [-0.4, -0.2) is 26.6 Å². The highest BCUT2D eigenvalue weighted by Gasteiger charge is 2.31. The van der Waals surface area contributed by atoms with Crippen LogP contribution in [0.1, 0.15) is 37.4 Å². The summed E-state index contributed by atoms with van der Waals surface area (Å²) in [6.45, 7) is 5.36. The third-order valence-electron chi connectivity index (χ3n) is 4.38. The Morgan fingerprint density at radius 1 is 1.15 bits per heavy atom. The van der Waals surface area contributed by atoms with Gasteiger partial charge in [0.25, 0.3) is 0 Å². The van der Waals surface area contributed by atoms with Crippen LogP contribution >= 0.6 is 0 Å². The number of anilines is 1. The fraction of sp³-hybridized carbons (Fsp3) is 0.350. The van der Waals surface area contributed by atoms with E-state index in [-0.39, 0.29) is 11.7 Å². The van der Waals surface area contributed by atoms with Crippen LogP contribution in [0.15, 0.2) is 48.5 Å². The van der Waals surface area contributed by atoms with Crippen LogP contribution in [0.4, 0.5) is 10.1 Å². The Morgan fingerprint density at radius 2 is 1.74 bits per heavy atom. The number of nitrogens with zero attached hydrogens (tertiary/aromatic N) is 1. The summed E-state index contributed by atoms with van der Waals surface area (Å²) in [6, 6.07) is 11.9. The number of carbonyl (C=O) groups excluding carboxylic acids is 1. The van der Waals surface area contributed by atoms with E-state index in [1.165, 1.54) is 31.2 Å². The lowest BCUT2D eigenvalue weighted by Crippen LogP contribution is -2.48. The number of rotatable bonds is 7. The van der Waals surface area contributed by atoms with Crippen molar-refractivity contribution in [2.75, 3.05) is 10.6 Å². The molecule has 0 bridgehead atoms. The number of halogens is 1. The molecule has 1 amide bonds. The van der Waals surface area contributed by atoms with Gasteiger partial charge in [0.05, 0.1) is 18.0 Å². The first kappa shape index (κ1) is 20.9. The van der Waals surface area contributed by atoms with Crippen molar-refractivity contribution >= 4 is 21.6 Å². The van der Waals surface area contributed by atoms with Gasteiger partial charge in [-0.25, -0.2) is 12.8 Å². The zero-order valence-corrected chi connectivity index (χ0v) is 16.8. The van der Waals surface area contributed by atoms with Crippen molar-refractivity contribution in [2.45, 2.75) is 39.3 Å². The van der Waals surface area contributed by atoms with Crippen LogP contribution in [0.25, 0.3) is 0 Å². The molecule has 1 N–H and O–H groups in total. The third kappa shape index (κ3) is 5.07. The van der Waals surface area contributed by atoms with E-state index in [0.717, 1.165) is 21.7 Å². The van der Waals surface area contributed by atoms with Crippen LogP contribution in [-0.2, 0) is 14.8 Å². The van der Waals surface area contributed by atoms with Gasteiger partial charge in [0.2, 0.25) is 15.9 Å². The summed E-state index contributed by atoms with van der Waals surface area (Å²) in [5, 5.41) is 2.88. The van der Waals surface area contributed by atoms with Crippen molar-refractivity contribution in [3.05, 3.63) is 65.5 Å². The summed E-state index contributed by atoms with van der Waals surface area (Å²) in [4.78, 5) is 12.8. The Morgan fingerprint density at radius 3 is 2.26 bits per heavy atom. The SMILES string of the molecule is CC[C@H](NC(=O)[C@@H](C)N(c1ccccc1F)S(C)(=O)=O)c1ccc(C)cc1. The largest absolute Gasteiger partial charge is 0.347 e. The molecule has 0 aliphatic rings. The Balaban J connectivity index is 2.29. The van der Waals surface area contributed by atoms with Crippen molar-refractivity contribution in [1.82, 2.24) is 5.32 Å². The molecule has 0 saturated heterocycles. The topological polar surface area (TPSA) is 66.5 Å². The Hall–Kier alpha value is -2.41. The van der Waals surface area contributed by atoms with Crippen molar-refractivity contribution in [2.24, 2.45) is 0 Å². The fourth-order valence-electron chi connectivity index (χ4n) is 2.92. The van der Waals surface area contributed by atoms with E-state index >= 15 is 0 Å². The van der Waals surface area contributed by atoms with Gasteiger partial charge >= 0.3 is 0 Å². The van der Waals surface area contributed by atoms with Crippen LogP contribution < -0.4 is 9.62 Å². The molecule has 0 spiro atoms. The number of amides is 1. The number of hydrogen-bond acceptors (Lipinski definition) is 3. The van der Waals surface area contributed by atoms with Gasteiger partial charge in [-0.1, -0.05) is 48.9 Å². The maximum Gasteiger partial charge on any atom is 0.244 e. The number of para-hydroxylation sites is 1. The Kier molecular flexibility index (Phi) is 6.59. The number of carbonyl (C=O) groups is 1. The zero-order chi connectivity index (χ0) is 20.2. The molecule has 2 aromatic carbocycles. The van der Waals surface area contributed by atoms with Crippen molar-refractivity contribution in [3.63, 3.8) is 0 Å². The number of nitrogens with one attached hydrogen (secondary N) is 1. The molecule has 0 fully saturated rings. The van der Waals surface area contributed by atoms with E-state index in [9.17, 15) is 17.6 Å². The Bertz CT molecular complexity index is 898. The second-order valence-corrected chi connectivity index (χ2v) is 8.43. The summed E-state index contributed by atoms with van der Waals surface area (Å²) in [6.07, 6.45) is 1.60. The molecule has 2 aromatic rings. The van der Waals surface area contributed by atoms with Crippen molar-refractivity contribution < 1.29 is 17.6 Å². The van der Waals surface area contributed by atoms with E-state index in [1.54, 1.807) is 0 Å². The molecule has 0 unspecified atom stereocenters. The van der Waals surface area contributed by atoms with Crippen LogP contribution in [0, 0.1) is 12.7 Å². The van der Waals surface area contributed by atoms with Gasteiger partial charge in [-0.05, 0) is 38.0 Å². The average molecular weight is 392 g/mol. The molecule has 0 aliphatic heterocycles. The van der Waals surface area contributed by atoms with E-state index in [0.29, 0.717) is 6.42 Å². The molecular weight excluding hydrogens is 367 g/mol. The van der Waals surface area contributed by atoms with Gasteiger partial charge in [0.15, 0.2) is 0 Å². The molecule has 7 heteroatoms. The quantitative estimate of drug-likeness (QED) is 0.784. The maximum absolute atomic E-state index is 14.2. The molecular formula is C20H25FN2O3S. The van der Waals surface area contributed by atoms with Crippen LogP contribution in [0.2, 0.25) is 0 Å². The average Bonchev–Trinajstić information content (AvgIpc) is 2.61. The summed E-state index contributed by atoms with van der Waals surface area (Å²) in [7, 11) is -3.86. The number of hydrogen-bond donors (Lipinski definition) is 1. The number of aryl methyl sites for hydroxylation is 1. The Labute approximate surface area is 160 Å². The highest BCUT2D eigenvalue weighted by atomic mass is 32.2. The second-order valence-electron chi connectivity index (χ2n) is 6.57. The predicted octanol–water partition coefficient (Wildman–Crippen LogP) is 3.56. The predicted molar refractivity (Wildman–Crippen MR) is 106 cm³/mol. The lowest BCUT2D eigenvalue weighted by atomic mass is 10.0. The molecule has 2 rings (SSSR count). The first-order chi connectivity index (χ1) is 12.6. The molecule has 0 heterocycles. The summed E-state index contributed by atoms with van der Waals surface area (Å²) < 4.78 is 39.6. The number of benzene rings is 2. The lowest BCUT2D eigenvalue weighted by molar-refractivity contribution is -0.122. The molecule has 2 atom stereocenters. The van der Waals surface area contributed by atoms with Crippen LogP contribution in [0.5, 0.6) is 0 Å². The van der Waals surface area contributed by atoms with Gasteiger partial charge < -0.3 is 5.32 Å². The molecule has 0 aliphatic carbocycles. The molecule has 0 aromatic heterocycles. The van der Waals surface area contributed by atoms with Crippen molar-refractivity contribution in [3.8, 4) is 0 Å². The smallest absolute Gasteiger partial charge is 0.244 e. The minimum absolute atomic E-state index is 0.147. The summed E-state index contributed by atoms with van der Waals surface area (Å²) in [5.41, 5.74) is 1.89. The monoisotopic (exact) mass is 392 g/mol. The highest BCUT2D eigenvalue weighted by Crippen LogP contribution is 2.25. The maximum atomic E-state index is 14.2. The minimum atomic E-state index is -3.86. The van der Waals surface area contributed by atoms with E-state index in [1.807, 2.05) is 38.1 Å². The van der Waals surface area contributed by atoms with Crippen LogP contribution in [0.3, 0.4) is 0 Å². The van der Waals surface area contributed by atoms with Gasteiger partial charge in [-0.15, -0.1) is 0 Å². The van der Waals surface area contributed by atoms with E-state index in [4.69, 9.17) is 0 Å². The number of sulfonamides is 1. The molecule has 0 radical (unpaired) electrons. The standard InChI is InChI=1S/C20H25FN2O3S/c1-5-18(16-12-10-14(2)11-13-16)22-20(24)15(3)23(27(4,25)26)19-9-7-6-8-17(19)21/h6-13,15,18H,5H2,1-4H3,(H,22,24)/t15-,18+/m1/s1.